The van der Waals surface area contributed by atoms with Gasteiger partial charge in [0, 0.05) is 35.5 Å². The first-order chi connectivity index (χ1) is 12.7. The van der Waals surface area contributed by atoms with E-state index in [-0.39, 0.29) is 5.82 Å². The van der Waals surface area contributed by atoms with E-state index >= 15 is 0 Å². The Morgan fingerprint density at radius 1 is 1.38 bits per heavy atom. The summed E-state index contributed by atoms with van der Waals surface area (Å²) in [5.74, 6) is 0.915. The average molecular weight is 347 g/mol. The molecule has 1 aliphatic rings. The van der Waals surface area contributed by atoms with Gasteiger partial charge in [0.05, 0.1) is 31.7 Å². The second-order valence-corrected chi connectivity index (χ2v) is 5.92. The van der Waals surface area contributed by atoms with Crippen LogP contribution in [-0.2, 0) is 17.8 Å². The Hall–Kier alpha value is -3.37. The first-order valence-corrected chi connectivity index (χ1v) is 8.20. The van der Waals surface area contributed by atoms with Gasteiger partial charge in [-0.1, -0.05) is 0 Å². The number of pyridine rings is 1. The molecule has 0 saturated carbocycles. The van der Waals surface area contributed by atoms with Gasteiger partial charge in [0.2, 0.25) is 0 Å². The average Bonchev–Trinajstić information content (AvgIpc) is 3.21. The van der Waals surface area contributed by atoms with E-state index in [1.54, 1.807) is 18.0 Å². The lowest BCUT2D eigenvalue weighted by Crippen LogP contribution is -2.16. The molecule has 130 valence electrons. The molecule has 0 unspecified atom stereocenters. The molecule has 4 rings (SSSR count). The molecule has 0 spiro atoms. The first kappa shape index (κ1) is 16.1. The zero-order valence-electron chi connectivity index (χ0n) is 14.3. The third kappa shape index (κ3) is 2.57. The van der Waals surface area contributed by atoms with Crippen LogP contribution in [0.15, 0.2) is 36.7 Å². The number of benzene rings is 1. The number of hydrogen-bond acceptors (Lipinski definition) is 6. The molecule has 0 bridgehead atoms. The van der Waals surface area contributed by atoms with Gasteiger partial charge in [0.25, 0.3) is 0 Å². The number of ether oxygens (including phenoxy) is 2. The number of nitriles is 1. The van der Waals surface area contributed by atoms with Crippen molar-refractivity contribution in [3.63, 3.8) is 0 Å². The van der Waals surface area contributed by atoms with Gasteiger partial charge >= 0.3 is 0 Å². The molecule has 26 heavy (non-hydrogen) atoms. The van der Waals surface area contributed by atoms with Gasteiger partial charge in [-0.3, -0.25) is 0 Å². The van der Waals surface area contributed by atoms with Crippen LogP contribution in [-0.4, -0.2) is 28.5 Å². The molecule has 1 aliphatic heterocycles. The molecule has 0 radical (unpaired) electrons. The highest BCUT2D eigenvalue weighted by molar-refractivity contribution is 5.84. The number of methoxy groups -OCH3 is 1. The maximum atomic E-state index is 9.75. The summed E-state index contributed by atoms with van der Waals surface area (Å²) in [6.07, 6.45) is 4.23. The zero-order valence-corrected chi connectivity index (χ0v) is 14.3. The van der Waals surface area contributed by atoms with E-state index in [0.717, 1.165) is 28.1 Å². The predicted octanol–water partition coefficient (Wildman–Crippen LogP) is 2.47. The van der Waals surface area contributed by atoms with Crippen LogP contribution in [0, 0.1) is 11.3 Å². The van der Waals surface area contributed by atoms with Crippen LogP contribution >= 0.6 is 0 Å². The maximum Gasteiger partial charge on any atom is 0.142 e. The lowest BCUT2D eigenvalue weighted by molar-refractivity contribution is 0.109. The highest BCUT2D eigenvalue weighted by Gasteiger charge is 2.25. The minimum atomic E-state index is 0.234. The van der Waals surface area contributed by atoms with Crippen molar-refractivity contribution in [2.45, 2.75) is 13.0 Å². The number of rotatable bonds is 3. The summed E-state index contributed by atoms with van der Waals surface area (Å²) >= 11 is 0. The fourth-order valence-electron chi connectivity index (χ4n) is 3.26. The van der Waals surface area contributed by atoms with Crippen molar-refractivity contribution in [2.24, 2.45) is 0 Å². The van der Waals surface area contributed by atoms with E-state index in [2.05, 4.69) is 16.2 Å². The monoisotopic (exact) mass is 347 g/mol. The Morgan fingerprint density at radius 2 is 2.27 bits per heavy atom. The number of anilines is 1. The summed E-state index contributed by atoms with van der Waals surface area (Å²) in [5, 5.41) is 14.1. The molecule has 0 fully saturated rings. The van der Waals surface area contributed by atoms with E-state index in [4.69, 9.17) is 15.2 Å². The molecule has 1 aromatic carbocycles. The summed E-state index contributed by atoms with van der Waals surface area (Å²) in [4.78, 5) is 4.43. The van der Waals surface area contributed by atoms with Gasteiger partial charge in [0.15, 0.2) is 0 Å². The Morgan fingerprint density at radius 3 is 3.00 bits per heavy atom. The third-order valence-electron chi connectivity index (χ3n) is 4.48. The standard InChI is InChI=1S/C19H17N5O2/c1-25-12-3-4-17(24-7-2-6-22-24)13(9-12)18-14(10-20)19(21)23-16-5-8-26-11-15(16)18/h2-4,6-7,9H,5,8,11H2,1H3,(H2,21,23). The molecule has 0 saturated heterocycles. The smallest absolute Gasteiger partial charge is 0.142 e. The van der Waals surface area contributed by atoms with Crippen LogP contribution in [0.1, 0.15) is 16.8 Å². The molecule has 2 N–H and O–H groups in total. The van der Waals surface area contributed by atoms with Crippen LogP contribution in [0.3, 0.4) is 0 Å². The molecule has 3 aromatic rings. The van der Waals surface area contributed by atoms with Gasteiger partial charge in [-0.2, -0.15) is 10.4 Å². The number of fused-ring (bicyclic) bond motifs is 1. The number of nitrogen functional groups attached to an aromatic ring is 1. The topological polar surface area (TPSA) is 99.0 Å². The largest absolute Gasteiger partial charge is 0.497 e. The van der Waals surface area contributed by atoms with Gasteiger partial charge in [0.1, 0.15) is 23.2 Å². The Bertz CT molecular complexity index is 1010. The van der Waals surface area contributed by atoms with Gasteiger partial charge in [-0.15, -0.1) is 0 Å². The molecular formula is C19H17N5O2. The second-order valence-electron chi connectivity index (χ2n) is 5.92. The SMILES string of the molecule is COc1ccc(-n2cccn2)c(-c2c(C#N)c(N)nc3c2COCC3)c1. The van der Waals surface area contributed by atoms with Crippen molar-refractivity contribution in [3.8, 4) is 28.6 Å². The van der Waals surface area contributed by atoms with Gasteiger partial charge < -0.3 is 15.2 Å². The zero-order chi connectivity index (χ0) is 18.1. The van der Waals surface area contributed by atoms with E-state index < -0.39 is 0 Å². The number of aromatic nitrogens is 3. The van der Waals surface area contributed by atoms with E-state index in [0.29, 0.717) is 30.9 Å². The summed E-state index contributed by atoms with van der Waals surface area (Å²) in [6.45, 7) is 0.983. The summed E-state index contributed by atoms with van der Waals surface area (Å²) < 4.78 is 12.8. The van der Waals surface area contributed by atoms with Crippen LogP contribution < -0.4 is 10.5 Å². The maximum absolute atomic E-state index is 9.75. The molecule has 2 aromatic heterocycles. The van der Waals surface area contributed by atoms with Crippen molar-refractivity contribution in [3.05, 3.63) is 53.5 Å². The summed E-state index contributed by atoms with van der Waals surface area (Å²) in [6, 6.07) is 9.72. The quantitative estimate of drug-likeness (QED) is 0.781. The summed E-state index contributed by atoms with van der Waals surface area (Å²) in [7, 11) is 1.61. The molecule has 0 atom stereocenters. The Kier molecular flexibility index (Phi) is 4.03. The van der Waals surface area contributed by atoms with Crippen molar-refractivity contribution in [1.29, 1.82) is 5.26 Å². The van der Waals surface area contributed by atoms with Gasteiger partial charge in [-0.05, 0) is 24.3 Å². The third-order valence-corrected chi connectivity index (χ3v) is 4.48. The second kappa shape index (κ2) is 6.50. The van der Waals surface area contributed by atoms with Crippen LogP contribution in [0.25, 0.3) is 16.8 Å². The normalized spacial score (nSPS) is 13.1. The van der Waals surface area contributed by atoms with E-state index in [1.807, 2.05) is 30.5 Å². The molecule has 0 aliphatic carbocycles. The van der Waals surface area contributed by atoms with E-state index in [1.165, 1.54) is 0 Å². The minimum Gasteiger partial charge on any atom is -0.497 e. The number of nitrogens with zero attached hydrogens (tertiary/aromatic N) is 4. The first-order valence-electron chi connectivity index (χ1n) is 8.20. The Labute approximate surface area is 150 Å². The number of hydrogen-bond donors (Lipinski definition) is 1. The van der Waals surface area contributed by atoms with Crippen LogP contribution in [0.5, 0.6) is 5.75 Å². The lowest BCUT2D eigenvalue weighted by Gasteiger charge is -2.23. The Balaban J connectivity index is 2.07. The fraction of sp³-hybridized carbons (Fsp3) is 0.211. The highest BCUT2D eigenvalue weighted by atomic mass is 16.5. The minimum absolute atomic E-state index is 0.234. The number of nitrogens with two attached hydrogens (primary N) is 1. The molecule has 0 amide bonds. The predicted molar refractivity (Wildman–Crippen MR) is 95.8 cm³/mol. The van der Waals surface area contributed by atoms with Crippen molar-refractivity contribution in [1.82, 2.24) is 14.8 Å². The van der Waals surface area contributed by atoms with Crippen molar-refractivity contribution < 1.29 is 9.47 Å². The highest BCUT2D eigenvalue weighted by Crippen LogP contribution is 2.39. The van der Waals surface area contributed by atoms with Crippen molar-refractivity contribution >= 4 is 5.82 Å². The fourth-order valence-corrected chi connectivity index (χ4v) is 3.26. The van der Waals surface area contributed by atoms with Gasteiger partial charge in [-0.25, -0.2) is 9.67 Å². The van der Waals surface area contributed by atoms with E-state index in [9.17, 15) is 5.26 Å². The van der Waals surface area contributed by atoms with Crippen LogP contribution in [0.4, 0.5) is 5.82 Å². The van der Waals surface area contributed by atoms with Crippen LogP contribution in [0.2, 0.25) is 0 Å². The molecular weight excluding hydrogens is 330 g/mol. The molecule has 7 heteroatoms. The summed E-state index contributed by atoms with van der Waals surface area (Å²) in [5.41, 5.74) is 10.6. The lowest BCUT2D eigenvalue weighted by atomic mass is 9.91. The molecule has 3 heterocycles. The molecule has 7 nitrogen and oxygen atoms in total. The van der Waals surface area contributed by atoms with Crippen molar-refractivity contribution in [2.75, 3.05) is 19.5 Å².